The van der Waals surface area contributed by atoms with Gasteiger partial charge in [0.1, 0.15) is 0 Å². The standard InChI is InChI=1S/C14H11BrClNO/c15-10-3-6-12(13(17)8-10)14(18)7-9-1-4-11(16)5-2-9/h1-6,8H,7,17H2. The maximum atomic E-state index is 12.1. The van der Waals surface area contributed by atoms with Gasteiger partial charge in [-0.05, 0) is 35.9 Å². The number of hydrogen-bond donors (Lipinski definition) is 1. The molecule has 0 bridgehead atoms. The summed E-state index contributed by atoms with van der Waals surface area (Å²) in [7, 11) is 0. The number of rotatable bonds is 3. The molecule has 2 rings (SSSR count). The summed E-state index contributed by atoms with van der Waals surface area (Å²) < 4.78 is 0.864. The van der Waals surface area contributed by atoms with E-state index >= 15 is 0 Å². The Morgan fingerprint density at radius 1 is 1.17 bits per heavy atom. The molecular weight excluding hydrogens is 314 g/mol. The molecular formula is C14H11BrClNO. The highest BCUT2D eigenvalue weighted by molar-refractivity contribution is 9.10. The Bertz CT molecular complexity index is 581. The van der Waals surface area contributed by atoms with Gasteiger partial charge in [-0.1, -0.05) is 39.7 Å². The molecule has 0 aliphatic heterocycles. The van der Waals surface area contributed by atoms with Gasteiger partial charge in [0.2, 0.25) is 0 Å². The predicted octanol–water partition coefficient (Wildman–Crippen LogP) is 4.11. The van der Waals surface area contributed by atoms with Gasteiger partial charge in [-0.2, -0.15) is 0 Å². The number of halogens is 2. The second kappa shape index (κ2) is 5.55. The number of carbonyl (C=O) groups excluding carboxylic acids is 1. The minimum Gasteiger partial charge on any atom is -0.398 e. The third-order valence-electron chi connectivity index (χ3n) is 2.59. The van der Waals surface area contributed by atoms with Crippen LogP contribution >= 0.6 is 27.5 Å². The molecule has 0 amide bonds. The van der Waals surface area contributed by atoms with Crippen molar-refractivity contribution < 1.29 is 4.79 Å². The van der Waals surface area contributed by atoms with Gasteiger partial charge < -0.3 is 5.73 Å². The second-order valence-electron chi connectivity index (χ2n) is 3.96. The van der Waals surface area contributed by atoms with Crippen molar-refractivity contribution in [2.24, 2.45) is 0 Å². The normalized spacial score (nSPS) is 10.3. The maximum Gasteiger partial charge on any atom is 0.169 e. The van der Waals surface area contributed by atoms with E-state index in [0.717, 1.165) is 10.0 Å². The number of ketones is 1. The van der Waals surface area contributed by atoms with Gasteiger partial charge in [-0.15, -0.1) is 0 Å². The van der Waals surface area contributed by atoms with Gasteiger partial charge in [0.15, 0.2) is 5.78 Å². The fourth-order valence-electron chi connectivity index (χ4n) is 1.67. The van der Waals surface area contributed by atoms with Crippen LogP contribution in [-0.4, -0.2) is 5.78 Å². The van der Waals surface area contributed by atoms with Crippen LogP contribution in [0.2, 0.25) is 5.02 Å². The summed E-state index contributed by atoms with van der Waals surface area (Å²) in [4.78, 5) is 12.1. The lowest BCUT2D eigenvalue weighted by molar-refractivity contribution is 0.0994. The molecule has 0 atom stereocenters. The van der Waals surface area contributed by atoms with Crippen molar-refractivity contribution in [1.82, 2.24) is 0 Å². The zero-order chi connectivity index (χ0) is 13.1. The van der Waals surface area contributed by atoms with Crippen LogP contribution in [0.3, 0.4) is 0 Å². The van der Waals surface area contributed by atoms with Gasteiger partial charge in [-0.3, -0.25) is 4.79 Å². The number of Topliss-reactive ketones (excluding diaryl/α,β-unsaturated/α-hetero) is 1. The second-order valence-corrected chi connectivity index (χ2v) is 5.31. The summed E-state index contributed by atoms with van der Waals surface area (Å²) in [6.45, 7) is 0. The Labute approximate surface area is 119 Å². The lowest BCUT2D eigenvalue weighted by Gasteiger charge is -2.05. The molecule has 0 fully saturated rings. The number of carbonyl (C=O) groups is 1. The molecule has 0 spiro atoms. The first-order valence-corrected chi connectivity index (χ1v) is 6.56. The van der Waals surface area contributed by atoms with Crippen LogP contribution in [0.15, 0.2) is 46.9 Å². The van der Waals surface area contributed by atoms with E-state index in [-0.39, 0.29) is 5.78 Å². The van der Waals surface area contributed by atoms with Crippen LogP contribution in [0.1, 0.15) is 15.9 Å². The Hall–Kier alpha value is -1.32. The molecule has 4 heteroatoms. The van der Waals surface area contributed by atoms with Crippen LogP contribution < -0.4 is 5.73 Å². The summed E-state index contributed by atoms with van der Waals surface area (Å²) in [5.41, 5.74) is 7.79. The van der Waals surface area contributed by atoms with Crippen molar-refractivity contribution >= 4 is 39.0 Å². The van der Waals surface area contributed by atoms with Crippen LogP contribution in [0.5, 0.6) is 0 Å². The van der Waals surface area contributed by atoms with Gasteiger partial charge in [0.05, 0.1) is 0 Å². The first-order chi connectivity index (χ1) is 8.56. The fourth-order valence-corrected chi connectivity index (χ4v) is 2.18. The molecule has 0 radical (unpaired) electrons. The number of nitrogens with two attached hydrogens (primary N) is 1. The lowest BCUT2D eigenvalue weighted by atomic mass is 10.0. The minimum absolute atomic E-state index is 0.00215. The molecule has 92 valence electrons. The molecule has 18 heavy (non-hydrogen) atoms. The quantitative estimate of drug-likeness (QED) is 0.682. The van der Waals surface area contributed by atoms with Gasteiger partial charge in [-0.25, -0.2) is 0 Å². The summed E-state index contributed by atoms with van der Waals surface area (Å²) >= 11 is 9.11. The average Bonchev–Trinajstić information content (AvgIpc) is 2.32. The molecule has 0 aliphatic rings. The number of hydrogen-bond acceptors (Lipinski definition) is 2. The molecule has 2 nitrogen and oxygen atoms in total. The average molecular weight is 325 g/mol. The number of anilines is 1. The highest BCUT2D eigenvalue weighted by Gasteiger charge is 2.10. The Balaban J connectivity index is 2.19. The Kier molecular flexibility index (Phi) is 4.04. The van der Waals surface area contributed by atoms with E-state index in [0.29, 0.717) is 22.7 Å². The number of nitrogen functional groups attached to an aromatic ring is 1. The highest BCUT2D eigenvalue weighted by Crippen LogP contribution is 2.20. The summed E-state index contributed by atoms with van der Waals surface area (Å²) in [5.74, 6) is 0.00215. The van der Waals surface area contributed by atoms with E-state index in [1.807, 2.05) is 18.2 Å². The fraction of sp³-hybridized carbons (Fsp3) is 0.0714. The summed E-state index contributed by atoms with van der Waals surface area (Å²) in [5, 5.41) is 0.661. The van der Waals surface area contributed by atoms with E-state index < -0.39 is 0 Å². The van der Waals surface area contributed by atoms with Crippen LogP contribution in [-0.2, 0) is 6.42 Å². The predicted molar refractivity (Wildman–Crippen MR) is 78.0 cm³/mol. The molecule has 0 aromatic heterocycles. The molecule has 0 saturated carbocycles. The van der Waals surface area contributed by atoms with Crippen LogP contribution in [0, 0.1) is 0 Å². The van der Waals surface area contributed by atoms with Crippen LogP contribution in [0.4, 0.5) is 5.69 Å². The SMILES string of the molecule is Nc1cc(Br)ccc1C(=O)Cc1ccc(Cl)cc1. The van der Waals surface area contributed by atoms with Crippen molar-refractivity contribution in [2.45, 2.75) is 6.42 Å². The van der Waals surface area contributed by atoms with Gasteiger partial charge in [0, 0.05) is 27.2 Å². The highest BCUT2D eigenvalue weighted by atomic mass is 79.9. The molecule has 2 aromatic carbocycles. The van der Waals surface area contributed by atoms with Crippen molar-refractivity contribution in [3.05, 3.63) is 63.1 Å². The third kappa shape index (κ3) is 3.12. The summed E-state index contributed by atoms with van der Waals surface area (Å²) in [6, 6.07) is 12.5. The first kappa shape index (κ1) is 13.1. The van der Waals surface area contributed by atoms with E-state index in [1.165, 1.54) is 0 Å². The number of benzene rings is 2. The smallest absolute Gasteiger partial charge is 0.169 e. The van der Waals surface area contributed by atoms with Gasteiger partial charge in [0.25, 0.3) is 0 Å². The molecule has 2 aromatic rings. The largest absolute Gasteiger partial charge is 0.398 e. The van der Waals surface area contributed by atoms with E-state index in [1.54, 1.807) is 24.3 Å². The first-order valence-electron chi connectivity index (χ1n) is 5.39. The molecule has 0 aliphatic carbocycles. The summed E-state index contributed by atoms with van der Waals surface area (Å²) in [6.07, 6.45) is 0.322. The topological polar surface area (TPSA) is 43.1 Å². The van der Waals surface area contributed by atoms with E-state index in [2.05, 4.69) is 15.9 Å². The van der Waals surface area contributed by atoms with Crippen molar-refractivity contribution in [3.8, 4) is 0 Å². The molecule has 0 unspecified atom stereocenters. The van der Waals surface area contributed by atoms with E-state index in [4.69, 9.17) is 17.3 Å². The van der Waals surface area contributed by atoms with Crippen molar-refractivity contribution in [2.75, 3.05) is 5.73 Å². The zero-order valence-electron chi connectivity index (χ0n) is 9.49. The Morgan fingerprint density at radius 3 is 2.44 bits per heavy atom. The maximum absolute atomic E-state index is 12.1. The lowest BCUT2D eigenvalue weighted by Crippen LogP contribution is -2.06. The minimum atomic E-state index is 0.00215. The monoisotopic (exact) mass is 323 g/mol. The van der Waals surface area contributed by atoms with Gasteiger partial charge >= 0.3 is 0 Å². The molecule has 0 saturated heterocycles. The van der Waals surface area contributed by atoms with Crippen molar-refractivity contribution in [3.63, 3.8) is 0 Å². The van der Waals surface area contributed by atoms with Crippen LogP contribution in [0.25, 0.3) is 0 Å². The molecule has 2 N–H and O–H groups in total. The third-order valence-corrected chi connectivity index (χ3v) is 3.34. The zero-order valence-corrected chi connectivity index (χ0v) is 11.8. The van der Waals surface area contributed by atoms with Crippen molar-refractivity contribution in [1.29, 1.82) is 0 Å². The Morgan fingerprint density at radius 2 is 1.83 bits per heavy atom. The molecule has 0 heterocycles. The van der Waals surface area contributed by atoms with E-state index in [9.17, 15) is 4.79 Å².